The molecule has 0 bridgehead atoms. The zero-order chi connectivity index (χ0) is 17.6. The highest BCUT2D eigenvalue weighted by molar-refractivity contribution is 5.69. The number of hydrogen-bond donors (Lipinski definition) is 2. The van der Waals surface area contributed by atoms with Gasteiger partial charge in [0.15, 0.2) is 0 Å². The van der Waals surface area contributed by atoms with E-state index in [1.54, 1.807) is 0 Å². The normalized spacial score (nSPS) is 31.6. The summed E-state index contributed by atoms with van der Waals surface area (Å²) in [4.78, 5) is 11.4. The Bertz CT molecular complexity index is 372. The first kappa shape index (κ1) is 20.4. The van der Waals surface area contributed by atoms with Crippen LogP contribution in [0.2, 0.25) is 0 Å². The van der Waals surface area contributed by atoms with Gasteiger partial charge in [-0.25, -0.2) is 0 Å². The van der Waals surface area contributed by atoms with Crippen LogP contribution in [0.5, 0.6) is 0 Å². The van der Waals surface area contributed by atoms with Crippen LogP contribution in [0.1, 0.15) is 66.2 Å². The molecule has 0 aromatic heterocycles. The first-order valence-electron chi connectivity index (χ1n) is 8.90. The van der Waals surface area contributed by atoms with E-state index in [9.17, 15) is 15.0 Å². The molecular weight excluding hydrogens is 296 g/mol. The van der Waals surface area contributed by atoms with E-state index in [4.69, 9.17) is 4.74 Å². The Kier molecular flexibility index (Phi) is 7.98. The summed E-state index contributed by atoms with van der Waals surface area (Å²) in [6, 6.07) is 0. The van der Waals surface area contributed by atoms with Gasteiger partial charge in [0.1, 0.15) is 0 Å². The summed E-state index contributed by atoms with van der Waals surface area (Å²) in [6.45, 7) is 8.16. The third-order valence-electron chi connectivity index (χ3n) is 5.27. The van der Waals surface area contributed by atoms with Crippen molar-refractivity contribution in [2.45, 2.75) is 90.1 Å². The molecule has 1 heterocycles. The average Bonchev–Trinajstić information content (AvgIpc) is 2.88. The molecule has 136 valence electrons. The number of methoxy groups -OCH3 is 1. The van der Waals surface area contributed by atoms with Gasteiger partial charge in [-0.3, -0.25) is 4.79 Å². The first-order chi connectivity index (χ1) is 10.8. The van der Waals surface area contributed by atoms with Gasteiger partial charge in [0.2, 0.25) is 0 Å². The first-order valence-corrected chi connectivity index (χ1v) is 8.90. The second-order valence-electron chi connectivity index (χ2n) is 7.10. The Morgan fingerprint density at radius 2 is 1.96 bits per heavy atom. The van der Waals surface area contributed by atoms with Crippen LogP contribution in [0.25, 0.3) is 0 Å². The van der Waals surface area contributed by atoms with Crippen LogP contribution in [0.15, 0.2) is 0 Å². The lowest BCUT2D eigenvalue weighted by atomic mass is 9.81. The van der Waals surface area contributed by atoms with Crippen molar-refractivity contribution in [3.63, 3.8) is 0 Å². The zero-order valence-corrected chi connectivity index (χ0v) is 15.2. The molecule has 23 heavy (non-hydrogen) atoms. The van der Waals surface area contributed by atoms with Crippen LogP contribution in [0, 0.1) is 11.8 Å². The van der Waals surface area contributed by atoms with E-state index in [1.165, 1.54) is 7.11 Å². The lowest BCUT2D eigenvalue weighted by Gasteiger charge is -2.32. The Morgan fingerprint density at radius 3 is 2.43 bits per heavy atom. The molecular formula is C18H34O5. The van der Waals surface area contributed by atoms with Crippen molar-refractivity contribution < 1.29 is 24.5 Å². The Hall–Kier alpha value is -0.650. The highest BCUT2D eigenvalue weighted by atomic mass is 16.5. The molecule has 1 aliphatic rings. The van der Waals surface area contributed by atoms with Crippen molar-refractivity contribution in [3.05, 3.63) is 0 Å². The molecule has 0 radical (unpaired) electrons. The van der Waals surface area contributed by atoms with E-state index in [-0.39, 0.29) is 30.0 Å². The molecule has 5 nitrogen and oxygen atoms in total. The quantitative estimate of drug-likeness (QED) is 0.636. The summed E-state index contributed by atoms with van der Waals surface area (Å²) < 4.78 is 10.9. The standard InChI is InChI=1S/C18H34O5/c1-6-12(15(20)9-16(21)22-5)10-18(4)11-13(7-2)17(23-18)14(19)8-3/h12-15,17,19-20H,6-11H2,1-5H3/t12-,13-,14+,15-,17-,18-/m1/s1. The van der Waals surface area contributed by atoms with E-state index in [0.717, 1.165) is 19.3 Å². The molecule has 0 saturated carbocycles. The number of carbonyl (C=O) groups is 1. The Morgan fingerprint density at radius 1 is 1.30 bits per heavy atom. The third-order valence-corrected chi connectivity index (χ3v) is 5.27. The maximum Gasteiger partial charge on any atom is 0.308 e. The molecule has 6 atom stereocenters. The third kappa shape index (κ3) is 5.44. The van der Waals surface area contributed by atoms with Crippen molar-refractivity contribution in [2.24, 2.45) is 11.8 Å². The largest absolute Gasteiger partial charge is 0.469 e. The van der Waals surface area contributed by atoms with Crippen LogP contribution in [0.4, 0.5) is 0 Å². The highest BCUT2D eigenvalue weighted by Crippen LogP contribution is 2.43. The van der Waals surface area contributed by atoms with Crippen LogP contribution in [-0.2, 0) is 14.3 Å². The summed E-state index contributed by atoms with van der Waals surface area (Å²) in [5.74, 6) is -0.0708. The minimum absolute atomic E-state index is 0.0172. The van der Waals surface area contributed by atoms with Crippen molar-refractivity contribution >= 4 is 5.97 Å². The van der Waals surface area contributed by atoms with E-state index in [0.29, 0.717) is 18.8 Å². The van der Waals surface area contributed by atoms with E-state index in [1.807, 2.05) is 13.8 Å². The molecule has 1 fully saturated rings. The summed E-state index contributed by atoms with van der Waals surface area (Å²) in [7, 11) is 1.33. The number of carbonyl (C=O) groups excluding carboxylic acids is 1. The predicted molar refractivity (Wildman–Crippen MR) is 89.0 cm³/mol. The van der Waals surface area contributed by atoms with Crippen molar-refractivity contribution in [1.29, 1.82) is 0 Å². The van der Waals surface area contributed by atoms with Crippen LogP contribution >= 0.6 is 0 Å². The van der Waals surface area contributed by atoms with Gasteiger partial charge >= 0.3 is 5.97 Å². The van der Waals surface area contributed by atoms with E-state index < -0.39 is 12.2 Å². The Labute approximate surface area is 140 Å². The number of esters is 1. The fourth-order valence-electron chi connectivity index (χ4n) is 3.80. The molecule has 0 unspecified atom stereocenters. The predicted octanol–water partition coefficient (Wildman–Crippen LogP) is 2.67. The van der Waals surface area contributed by atoms with E-state index in [2.05, 4.69) is 18.6 Å². The number of rotatable bonds is 9. The molecule has 0 aromatic carbocycles. The zero-order valence-electron chi connectivity index (χ0n) is 15.2. The Balaban J connectivity index is 2.74. The minimum Gasteiger partial charge on any atom is -0.469 e. The molecule has 1 rings (SSSR count). The summed E-state index contributed by atoms with van der Waals surface area (Å²) in [5.41, 5.74) is -0.362. The average molecular weight is 330 g/mol. The van der Waals surface area contributed by atoms with Crippen LogP contribution in [-0.4, -0.2) is 47.2 Å². The van der Waals surface area contributed by atoms with Crippen molar-refractivity contribution in [3.8, 4) is 0 Å². The molecule has 0 spiro atoms. The number of aliphatic hydroxyl groups excluding tert-OH is 2. The molecule has 0 aliphatic carbocycles. The fraction of sp³-hybridized carbons (Fsp3) is 0.944. The fourth-order valence-corrected chi connectivity index (χ4v) is 3.80. The molecule has 5 heteroatoms. The summed E-state index contributed by atoms with van der Waals surface area (Å²) in [5, 5.41) is 20.5. The smallest absolute Gasteiger partial charge is 0.308 e. The van der Waals surface area contributed by atoms with Crippen molar-refractivity contribution in [1.82, 2.24) is 0 Å². The molecule has 1 aliphatic heterocycles. The van der Waals surface area contributed by atoms with Gasteiger partial charge in [-0.15, -0.1) is 0 Å². The molecule has 0 amide bonds. The van der Waals surface area contributed by atoms with Gasteiger partial charge in [-0.2, -0.15) is 0 Å². The second kappa shape index (κ2) is 9.00. The maximum absolute atomic E-state index is 11.4. The topological polar surface area (TPSA) is 76.0 Å². The van der Waals surface area contributed by atoms with Gasteiger partial charge in [0.05, 0.1) is 37.4 Å². The number of ether oxygens (including phenoxy) is 2. The van der Waals surface area contributed by atoms with Gasteiger partial charge in [0.25, 0.3) is 0 Å². The molecule has 0 aromatic rings. The van der Waals surface area contributed by atoms with Crippen LogP contribution in [0.3, 0.4) is 0 Å². The second-order valence-corrected chi connectivity index (χ2v) is 7.10. The number of aliphatic hydroxyl groups is 2. The van der Waals surface area contributed by atoms with Gasteiger partial charge < -0.3 is 19.7 Å². The summed E-state index contributed by atoms with van der Waals surface area (Å²) in [6.07, 6.45) is 2.71. The molecule has 1 saturated heterocycles. The SMILES string of the molecule is CC[C@@H]1C[C@@](C)(C[C@@H](CC)[C@H](O)CC(=O)OC)O[C@H]1[C@@H](O)CC. The molecule has 2 N–H and O–H groups in total. The van der Waals surface area contributed by atoms with Crippen LogP contribution < -0.4 is 0 Å². The van der Waals surface area contributed by atoms with E-state index >= 15 is 0 Å². The summed E-state index contributed by atoms with van der Waals surface area (Å²) >= 11 is 0. The lowest BCUT2D eigenvalue weighted by molar-refractivity contribution is -0.144. The monoisotopic (exact) mass is 330 g/mol. The lowest BCUT2D eigenvalue weighted by Crippen LogP contribution is -2.36. The van der Waals surface area contributed by atoms with Gasteiger partial charge in [-0.05, 0) is 38.0 Å². The van der Waals surface area contributed by atoms with Crippen molar-refractivity contribution in [2.75, 3.05) is 7.11 Å². The van der Waals surface area contributed by atoms with Gasteiger partial charge in [0, 0.05) is 0 Å². The maximum atomic E-state index is 11.4. The highest BCUT2D eigenvalue weighted by Gasteiger charge is 2.46. The number of hydrogen-bond acceptors (Lipinski definition) is 5. The van der Waals surface area contributed by atoms with Gasteiger partial charge in [-0.1, -0.05) is 33.6 Å². The minimum atomic E-state index is -0.719.